The van der Waals surface area contributed by atoms with Crippen LogP contribution in [0.25, 0.3) is 10.9 Å². The van der Waals surface area contributed by atoms with Gasteiger partial charge in [0.25, 0.3) is 0 Å². The molecule has 1 N–H and O–H groups in total. The van der Waals surface area contributed by atoms with E-state index in [1.165, 1.54) is 22.0 Å². The first kappa shape index (κ1) is 13.7. The lowest BCUT2D eigenvalue weighted by atomic mass is 10.1. The molecule has 0 saturated carbocycles. The number of nitrogens with zero attached hydrogens (tertiary/aromatic N) is 2. The van der Waals surface area contributed by atoms with Gasteiger partial charge in [-0.2, -0.15) is 0 Å². The number of aryl methyl sites for hydroxylation is 1. The van der Waals surface area contributed by atoms with Crippen molar-refractivity contribution < 1.29 is 0 Å². The molecule has 1 fully saturated rings. The molecule has 3 rings (SSSR count). The number of rotatable bonds is 3. The topological polar surface area (TPSA) is 20.2 Å². The summed E-state index contributed by atoms with van der Waals surface area (Å²) in [5.74, 6) is 0. The molecule has 3 nitrogen and oxygen atoms in total. The Labute approximate surface area is 121 Å². The van der Waals surface area contributed by atoms with E-state index in [9.17, 15) is 0 Å². The van der Waals surface area contributed by atoms with Crippen molar-refractivity contribution in [3.05, 3.63) is 35.5 Å². The van der Waals surface area contributed by atoms with Crippen molar-refractivity contribution in [2.24, 2.45) is 0 Å². The number of para-hydroxylation sites is 1. The van der Waals surface area contributed by atoms with Crippen molar-refractivity contribution >= 4 is 10.9 Å². The molecule has 3 heteroatoms. The molecule has 1 saturated heterocycles. The van der Waals surface area contributed by atoms with E-state index in [0.717, 1.165) is 32.7 Å². The summed E-state index contributed by atoms with van der Waals surface area (Å²) in [7, 11) is 0. The Morgan fingerprint density at radius 1 is 1.20 bits per heavy atom. The number of nitrogens with one attached hydrogen (secondary N) is 1. The first-order valence-corrected chi connectivity index (χ1v) is 7.69. The van der Waals surface area contributed by atoms with Crippen LogP contribution in [0.3, 0.4) is 0 Å². The fraction of sp³-hybridized carbons (Fsp3) is 0.529. The zero-order valence-electron chi connectivity index (χ0n) is 12.8. The normalized spacial score (nSPS) is 17.2. The third-order valence-electron chi connectivity index (χ3n) is 4.30. The summed E-state index contributed by atoms with van der Waals surface area (Å²) in [4.78, 5) is 2.55. The number of fused-ring (bicyclic) bond motifs is 1. The van der Waals surface area contributed by atoms with Crippen molar-refractivity contribution in [1.82, 2.24) is 14.8 Å². The highest BCUT2D eigenvalue weighted by Gasteiger charge is 2.16. The maximum absolute atomic E-state index is 3.42. The third-order valence-corrected chi connectivity index (χ3v) is 4.30. The standard InChI is InChI=1S/C17H25N3/c1-13(2)20-12-15(11-19-9-7-18-8-10-19)16-6-4-5-14(3)17(16)20/h4-6,12-13,18H,7-11H2,1-3H3. The minimum absolute atomic E-state index is 0.510. The molecular weight excluding hydrogens is 246 g/mol. The zero-order valence-corrected chi connectivity index (χ0v) is 12.8. The quantitative estimate of drug-likeness (QED) is 0.926. The van der Waals surface area contributed by atoms with E-state index in [1.54, 1.807) is 0 Å². The Morgan fingerprint density at radius 2 is 1.95 bits per heavy atom. The van der Waals surface area contributed by atoms with Gasteiger partial charge in [0.15, 0.2) is 0 Å². The van der Waals surface area contributed by atoms with Gasteiger partial charge in [-0.1, -0.05) is 18.2 Å². The molecular formula is C17H25N3. The fourth-order valence-electron chi connectivity index (χ4n) is 3.21. The van der Waals surface area contributed by atoms with Crippen LogP contribution < -0.4 is 5.32 Å². The number of hydrogen-bond donors (Lipinski definition) is 1. The lowest BCUT2D eigenvalue weighted by Gasteiger charge is -2.26. The van der Waals surface area contributed by atoms with Gasteiger partial charge in [-0.25, -0.2) is 0 Å². The number of piperazine rings is 1. The molecule has 0 amide bonds. The van der Waals surface area contributed by atoms with Gasteiger partial charge in [-0.05, 0) is 31.9 Å². The molecule has 1 aliphatic rings. The van der Waals surface area contributed by atoms with Crippen LogP contribution in [0.4, 0.5) is 0 Å². The van der Waals surface area contributed by atoms with Gasteiger partial charge in [0.05, 0.1) is 5.52 Å². The minimum atomic E-state index is 0.510. The van der Waals surface area contributed by atoms with Gasteiger partial charge in [-0.3, -0.25) is 4.90 Å². The summed E-state index contributed by atoms with van der Waals surface area (Å²) in [6.45, 7) is 12.3. The second-order valence-corrected chi connectivity index (χ2v) is 6.15. The summed E-state index contributed by atoms with van der Waals surface area (Å²) in [6.07, 6.45) is 2.37. The molecule has 0 unspecified atom stereocenters. The van der Waals surface area contributed by atoms with Crippen molar-refractivity contribution in [2.75, 3.05) is 26.2 Å². The Morgan fingerprint density at radius 3 is 2.65 bits per heavy atom. The van der Waals surface area contributed by atoms with Crippen molar-refractivity contribution in [1.29, 1.82) is 0 Å². The average molecular weight is 271 g/mol. The van der Waals surface area contributed by atoms with E-state index >= 15 is 0 Å². The van der Waals surface area contributed by atoms with E-state index < -0.39 is 0 Å². The van der Waals surface area contributed by atoms with Gasteiger partial charge < -0.3 is 9.88 Å². The van der Waals surface area contributed by atoms with Crippen LogP contribution in [-0.4, -0.2) is 35.6 Å². The van der Waals surface area contributed by atoms with Crippen LogP contribution >= 0.6 is 0 Å². The van der Waals surface area contributed by atoms with Gasteiger partial charge >= 0.3 is 0 Å². The highest BCUT2D eigenvalue weighted by molar-refractivity contribution is 5.86. The zero-order chi connectivity index (χ0) is 14.1. The molecule has 0 aliphatic carbocycles. The second-order valence-electron chi connectivity index (χ2n) is 6.15. The van der Waals surface area contributed by atoms with Crippen molar-refractivity contribution in [3.63, 3.8) is 0 Å². The number of aromatic nitrogens is 1. The summed E-state index contributed by atoms with van der Waals surface area (Å²) in [5, 5.41) is 4.85. The summed E-state index contributed by atoms with van der Waals surface area (Å²) in [5.41, 5.74) is 4.26. The SMILES string of the molecule is Cc1cccc2c(CN3CCNCC3)cn(C(C)C)c12. The smallest absolute Gasteiger partial charge is 0.0515 e. The summed E-state index contributed by atoms with van der Waals surface area (Å²) >= 11 is 0. The minimum Gasteiger partial charge on any atom is -0.344 e. The monoisotopic (exact) mass is 271 g/mol. The molecule has 1 aromatic heterocycles. The van der Waals surface area contributed by atoms with Gasteiger partial charge in [-0.15, -0.1) is 0 Å². The molecule has 2 aromatic rings. The maximum atomic E-state index is 3.42. The van der Waals surface area contributed by atoms with Crippen LogP contribution in [-0.2, 0) is 6.54 Å². The highest BCUT2D eigenvalue weighted by atomic mass is 15.2. The van der Waals surface area contributed by atoms with Gasteiger partial charge in [0.1, 0.15) is 0 Å². The molecule has 1 aromatic carbocycles. The van der Waals surface area contributed by atoms with Gasteiger partial charge in [0, 0.05) is 50.3 Å². The number of hydrogen-bond acceptors (Lipinski definition) is 2. The first-order valence-electron chi connectivity index (χ1n) is 7.69. The number of benzene rings is 1. The molecule has 2 heterocycles. The molecule has 20 heavy (non-hydrogen) atoms. The average Bonchev–Trinajstić information content (AvgIpc) is 2.81. The van der Waals surface area contributed by atoms with Crippen LogP contribution in [0.2, 0.25) is 0 Å². The summed E-state index contributed by atoms with van der Waals surface area (Å²) in [6, 6.07) is 7.19. The van der Waals surface area contributed by atoms with Crippen LogP contribution in [0, 0.1) is 6.92 Å². The predicted octanol–water partition coefficient (Wildman–Crippen LogP) is 2.94. The van der Waals surface area contributed by atoms with Gasteiger partial charge in [0.2, 0.25) is 0 Å². The Hall–Kier alpha value is -1.32. The predicted molar refractivity (Wildman–Crippen MR) is 85.2 cm³/mol. The van der Waals surface area contributed by atoms with E-state index in [1.807, 2.05) is 0 Å². The largest absolute Gasteiger partial charge is 0.344 e. The van der Waals surface area contributed by atoms with E-state index in [4.69, 9.17) is 0 Å². The van der Waals surface area contributed by atoms with E-state index in [0.29, 0.717) is 6.04 Å². The Kier molecular flexibility index (Phi) is 3.81. The second kappa shape index (κ2) is 5.58. The molecule has 0 radical (unpaired) electrons. The van der Waals surface area contributed by atoms with Crippen LogP contribution in [0.1, 0.15) is 31.0 Å². The lowest BCUT2D eigenvalue weighted by molar-refractivity contribution is 0.234. The molecule has 108 valence electrons. The Balaban J connectivity index is 2.00. The first-order chi connectivity index (χ1) is 9.66. The van der Waals surface area contributed by atoms with E-state index in [-0.39, 0.29) is 0 Å². The highest BCUT2D eigenvalue weighted by Crippen LogP contribution is 2.28. The summed E-state index contributed by atoms with van der Waals surface area (Å²) < 4.78 is 2.43. The van der Waals surface area contributed by atoms with Crippen molar-refractivity contribution in [3.8, 4) is 0 Å². The van der Waals surface area contributed by atoms with Crippen LogP contribution in [0.5, 0.6) is 0 Å². The molecule has 1 aliphatic heterocycles. The molecule has 0 spiro atoms. The maximum Gasteiger partial charge on any atom is 0.0515 e. The fourth-order valence-corrected chi connectivity index (χ4v) is 3.21. The lowest BCUT2D eigenvalue weighted by Crippen LogP contribution is -2.42. The van der Waals surface area contributed by atoms with E-state index in [2.05, 4.69) is 60.0 Å². The van der Waals surface area contributed by atoms with Crippen molar-refractivity contribution in [2.45, 2.75) is 33.4 Å². The van der Waals surface area contributed by atoms with Crippen LogP contribution in [0.15, 0.2) is 24.4 Å². The third kappa shape index (κ3) is 2.48. The molecule has 0 bridgehead atoms. The molecule has 0 atom stereocenters. The Bertz CT molecular complexity index is 592.